The topological polar surface area (TPSA) is 65.7 Å². The van der Waals surface area contributed by atoms with Crippen molar-refractivity contribution in [3.63, 3.8) is 0 Å². The van der Waals surface area contributed by atoms with Crippen molar-refractivity contribution in [1.82, 2.24) is 14.6 Å². The monoisotopic (exact) mass is 445 g/mol. The number of aromatic nitrogens is 3. The number of anilines is 2. The zero-order valence-corrected chi connectivity index (χ0v) is 18.1. The SMILES string of the molecule is C=C/C(=C\C=C/C)CNc1cc(N(C)[C@@H]2CCC[C@@H]2CO)nc2c(Br)cnn12. The van der Waals surface area contributed by atoms with Gasteiger partial charge < -0.3 is 15.3 Å². The summed E-state index contributed by atoms with van der Waals surface area (Å²) in [5, 5.41) is 17.6. The van der Waals surface area contributed by atoms with Crippen molar-refractivity contribution in [2.24, 2.45) is 5.92 Å². The van der Waals surface area contributed by atoms with Crippen LogP contribution in [0.4, 0.5) is 11.6 Å². The number of rotatable bonds is 8. The largest absolute Gasteiger partial charge is 0.396 e. The van der Waals surface area contributed by atoms with Crippen molar-refractivity contribution in [3.05, 3.63) is 53.2 Å². The smallest absolute Gasteiger partial charge is 0.173 e. The minimum absolute atomic E-state index is 0.219. The van der Waals surface area contributed by atoms with Gasteiger partial charge in [0.05, 0.1) is 10.7 Å². The van der Waals surface area contributed by atoms with E-state index >= 15 is 0 Å². The number of nitrogens with one attached hydrogen (secondary N) is 1. The lowest BCUT2D eigenvalue weighted by Gasteiger charge is -2.30. The Kier molecular flexibility index (Phi) is 6.91. The van der Waals surface area contributed by atoms with E-state index in [1.165, 1.54) is 0 Å². The quantitative estimate of drug-likeness (QED) is 0.596. The summed E-state index contributed by atoms with van der Waals surface area (Å²) in [7, 11) is 2.06. The Morgan fingerprint density at radius 1 is 1.50 bits per heavy atom. The van der Waals surface area contributed by atoms with Gasteiger partial charge in [0.15, 0.2) is 5.65 Å². The number of allylic oxidation sites excluding steroid dienone is 3. The summed E-state index contributed by atoms with van der Waals surface area (Å²) >= 11 is 3.55. The number of nitrogens with zero attached hydrogens (tertiary/aromatic N) is 4. The van der Waals surface area contributed by atoms with Crippen LogP contribution < -0.4 is 10.2 Å². The Morgan fingerprint density at radius 2 is 2.32 bits per heavy atom. The minimum atomic E-state index is 0.219. The van der Waals surface area contributed by atoms with Gasteiger partial charge in [-0.15, -0.1) is 0 Å². The van der Waals surface area contributed by atoms with Crippen molar-refractivity contribution in [1.29, 1.82) is 0 Å². The molecule has 2 atom stereocenters. The molecule has 2 N–H and O–H groups in total. The molecule has 1 fully saturated rings. The molecule has 0 unspecified atom stereocenters. The third-order valence-electron chi connectivity index (χ3n) is 5.37. The summed E-state index contributed by atoms with van der Waals surface area (Å²) in [5.41, 5.74) is 1.85. The second kappa shape index (κ2) is 9.39. The first kappa shape index (κ1) is 20.6. The normalized spacial score (nSPS) is 20.2. The zero-order valence-electron chi connectivity index (χ0n) is 16.5. The van der Waals surface area contributed by atoms with E-state index in [0.29, 0.717) is 18.5 Å². The van der Waals surface area contributed by atoms with Crippen molar-refractivity contribution in [2.75, 3.05) is 30.4 Å². The van der Waals surface area contributed by atoms with Crippen LogP contribution in [0.1, 0.15) is 26.2 Å². The van der Waals surface area contributed by atoms with Crippen LogP contribution in [0.2, 0.25) is 0 Å². The molecule has 2 heterocycles. The molecule has 0 spiro atoms. The van der Waals surface area contributed by atoms with Gasteiger partial charge in [-0.05, 0) is 41.3 Å². The molecule has 150 valence electrons. The van der Waals surface area contributed by atoms with Gasteiger partial charge in [0.2, 0.25) is 0 Å². The number of hydrogen-bond donors (Lipinski definition) is 2. The summed E-state index contributed by atoms with van der Waals surface area (Å²) in [6, 6.07) is 2.32. The Hall–Kier alpha value is -2.12. The van der Waals surface area contributed by atoms with Crippen molar-refractivity contribution >= 4 is 33.2 Å². The molecule has 0 bridgehead atoms. The fourth-order valence-corrected chi connectivity index (χ4v) is 4.10. The Morgan fingerprint density at radius 3 is 3.04 bits per heavy atom. The van der Waals surface area contributed by atoms with Gasteiger partial charge in [0, 0.05) is 38.2 Å². The van der Waals surface area contributed by atoms with E-state index in [1.54, 1.807) is 10.7 Å². The third-order valence-corrected chi connectivity index (χ3v) is 5.93. The lowest BCUT2D eigenvalue weighted by Crippen LogP contribution is -2.36. The van der Waals surface area contributed by atoms with Crippen LogP contribution in [0.15, 0.2) is 53.2 Å². The maximum Gasteiger partial charge on any atom is 0.173 e. The molecule has 1 aliphatic rings. The van der Waals surface area contributed by atoms with Gasteiger partial charge in [-0.25, -0.2) is 4.98 Å². The van der Waals surface area contributed by atoms with Gasteiger partial charge >= 0.3 is 0 Å². The summed E-state index contributed by atoms with van der Waals surface area (Å²) in [4.78, 5) is 7.01. The van der Waals surface area contributed by atoms with Gasteiger partial charge in [0.25, 0.3) is 0 Å². The predicted octanol–water partition coefficient (Wildman–Crippen LogP) is 4.19. The second-order valence-electron chi connectivity index (χ2n) is 7.10. The average Bonchev–Trinajstić information content (AvgIpc) is 3.34. The number of aliphatic hydroxyl groups excluding tert-OH is 1. The zero-order chi connectivity index (χ0) is 20.1. The highest BCUT2D eigenvalue weighted by atomic mass is 79.9. The first-order chi connectivity index (χ1) is 13.6. The lowest BCUT2D eigenvalue weighted by molar-refractivity contribution is 0.216. The number of fused-ring (bicyclic) bond motifs is 1. The molecular formula is C21H28BrN5O. The van der Waals surface area contributed by atoms with Crippen LogP contribution in [-0.4, -0.2) is 45.9 Å². The molecule has 0 radical (unpaired) electrons. The van der Waals surface area contributed by atoms with Crippen molar-refractivity contribution in [2.45, 2.75) is 32.2 Å². The Balaban J connectivity index is 1.92. The van der Waals surface area contributed by atoms with E-state index in [2.05, 4.69) is 44.9 Å². The highest BCUT2D eigenvalue weighted by Gasteiger charge is 2.31. The van der Waals surface area contributed by atoms with E-state index < -0.39 is 0 Å². The molecule has 0 amide bonds. The molecule has 1 saturated carbocycles. The molecule has 3 rings (SSSR count). The second-order valence-corrected chi connectivity index (χ2v) is 7.96. The van der Waals surface area contributed by atoms with Crippen molar-refractivity contribution in [3.8, 4) is 0 Å². The van der Waals surface area contributed by atoms with Crippen LogP contribution in [0.25, 0.3) is 5.65 Å². The van der Waals surface area contributed by atoms with Crippen molar-refractivity contribution < 1.29 is 5.11 Å². The summed E-state index contributed by atoms with van der Waals surface area (Å²) in [6.45, 7) is 6.74. The number of aliphatic hydroxyl groups is 1. The fraction of sp³-hybridized carbons (Fsp3) is 0.429. The maximum absolute atomic E-state index is 9.71. The van der Waals surface area contributed by atoms with Crippen LogP contribution in [-0.2, 0) is 0 Å². The predicted molar refractivity (Wildman–Crippen MR) is 119 cm³/mol. The summed E-state index contributed by atoms with van der Waals surface area (Å²) in [6.07, 6.45) is 12.9. The van der Waals surface area contributed by atoms with Gasteiger partial charge in [-0.1, -0.05) is 37.3 Å². The highest BCUT2D eigenvalue weighted by molar-refractivity contribution is 9.10. The molecule has 0 aromatic carbocycles. The molecule has 6 nitrogen and oxygen atoms in total. The Labute approximate surface area is 174 Å². The van der Waals surface area contributed by atoms with E-state index in [-0.39, 0.29) is 6.61 Å². The fourth-order valence-electron chi connectivity index (χ4n) is 3.75. The molecule has 2 aromatic rings. The summed E-state index contributed by atoms with van der Waals surface area (Å²) in [5.74, 6) is 2.03. The average molecular weight is 446 g/mol. The van der Waals surface area contributed by atoms with E-state index in [1.807, 2.05) is 37.3 Å². The van der Waals surface area contributed by atoms with Crippen LogP contribution in [0, 0.1) is 5.92 Å². The first-order valence-electron chi connectivity index (χ1n) is 9.65. The molecule has 0 saturated heterocycles. The van der Waals surface area contributed by atoms with Crippen LogP contribution in [0.5, 0.6) is 0 Å². The van der Waals surface area contributed by atoms with Gasteiger partial charge in [-0.3, -0.25) is 0 Å². The minimum Gasteiger partial charge on any atom is -0.396 e. The standard InChI is InChI=1S/C21H28BrN5O/c1-4-6-8-15(5-2)12-23-19-11-20(25-21-17(22)13-24-27(19)21)26(3)18-10-7-9-16(18)14-28/h4-6,8,11,13,16,18,23,28H,2,7,9-10,12,14H2,1,3H3/b6-4-,15-8+/t16-,18-/m1/s1. The van der Waals surface area contributed by atoms with E-state index in [4.69, 9.17) is 4.98 Å². The van der Waals surface area contributed by atoms with E-state index in [9.17, 15) is 5.11 Å². The van der Waals surface area contributed by atoms with Gasteiger partial charge in [0.1, 0.15) is 11.6 Å². The third kappa shape index (κ3) is 4.31. The van der Waals surface area contributed by atoms with E-state index in [0.717, 1.165) is 46.6 Å². The molecule has 7 heteroatoms. The molecule has 28 heavy (non-hydrogen) atoms. The maximum atomic E-state index is 9.71. The lowest BCUT2D eigenvalue weighted by atomic mass is 10.0. The van der Waals surface area contributed by atoms with Crippen LogP contribution >= 0.6 is 15.9 Å². The summed E-state index contributed by atoms with van der Waals surface area (Å²) < 4.78 is 2.65. The number of hydrogen-bond acceptors (Lipinski definition) is 5. The first-order valence-corrected chi connectivity index (χ1v) is 10.4. The van der Waals surface area contributed by atoms with Crippen LogP contribution in [0.3, 0.4) is 0 Å². The highest BCUT2D eigenvalue weighted by Crippen LogP contribution is 2.33. The molecule has 2 aromatic heterocycles. The molecule has 0 aliphatic heterocycles. The molecule has 1 aliphatic carbocycles. The Bertz CT molecular complexity index is 888. The van der Waals surface area contributed by atoms with Gasteiger partial charge in [-0.2, -0.15) is 9.61 Å². The number of halogens is 1. The molecular weight excluding hydrogens is 418 g/mol.